The van der Waals surface area contributed by atoms with Gasteiger partial charge in [0.2, 0.25) is 5.91 Å². The minimum Gasteiger partial charge on any atom is -0.490 e. The fraction of sp³-hybridized carbons (Fsp3) is 0.381. The Morgan fingerprint density at radius 3 is 2.54 bits per heavy atom. The number of carbonyl (C=O) groups excluding carboxylic acids is 1. The molecule has 1 heterocycles. The van der Waals surface area contributed by atoms with E-state index >= 15 is 0 Å². The first-order valence-electron chi connectivity index (χ1n) is 9.05. The van der Waals surface area contributed by atoms with Gasteiger partial charge in [0.1, 0.15) is 5.76 Å². The van der Waals surface area contributed by atoms with Crippen LogP contribution in [0.25, 0.3) is 6.08 Å². The highest BCUT2D eigenvalue weighted by Gasteiger charge is 2.12. The highest BCUT2D eigenvalue weighted by Crippen LogP contribution is 2.31. The fourth-order valence-electron chi connectivity index (χ4n) is 2.34. The second kappa shape index (κ2) is 10.3. The smallest absolute Gasteiger partial charge is 0.244 e. The molecule has 1 unspecified atom stereocenters. The Morgan fingerprint density at radius 2 is 1.88 bits per heavy atom. The highest BCUT2D eigenvalue weighted by molar-refractivity contribution is 5.91. The molecule has 0 aliphatic heterocycles. The van der Waals surface area contributed by atoms with Crippen LogP contribution in [-0.4, -0.2) is 19.1 Å². The molecular formula is C21H27NO4. The normalized spacial score (nSPS) is 12.1. The summed E-state index contributed by atoms with van der Waals surface area (Å²) in [5, 5.41) is 2.94. The Morgan fingerprint density at radius 1 is 1.15 bits per heavy atom. The van der Waals surface area contributed by atoms with Crippen molar-refractivity contribution in [1.82, 2.24) is 5.32 Å². The van der Waals surface area contributed by atoms with E-state index in [9.17, 15) is 4.79 Å². The van der Waals surface area contributed by atoms with Crippen LogP contribution < -0.4 is 14.8 Å². The molecule has 5 nitrogen and oxygen atoms in total. The maximum Gasteiger partial charge on any atom is 0.244 e. The molecule has 1 amide bonds. The molecule has 1 N–H and O–H groups in total. The van der Waals surface area contributed by atoms with Crippen molar-refractivity contribution in [2.24, 2.45) is 0 Å². The third-order valence-electron chi connectivity index (χ3n) is 3.69. The van der Waals surface area contributed by atoms with E-state index in [1.807, 2.05) is 25.1 Å². The summed E-state index contributed by atoms with van der Waals surface area (Å²) in [6.45, 7) is 7.33. The third kappa shape index (κ3) is 5.99. The van der Waals surface area contributed by atoms with Crippen LogP contribution in [0.3, 0.4) is 0 Å². The number of hydrogen-bond donors (Lipinski definition) is 1. The molecule has 0 saturated carbocycles. The van der Waals surface area contributed by atoms with Crippen molar-refractivity contribution in [2.75, 3.05) is 13.2 Å². The number of hydrogen-bond acceptors (Lipinski definition) is 4. The Bertz CT molecular complexity index is 707. The summed E-state index contributed by atoms with van der Waals surface area (Å²) in [5.41, 5.74) is 0.958. The van der Waals surface area contributed by atoms with Crippen molar-refractivity contribution in [1.29, 1.82) is 0 Å². The highest BCUT2D eigenvalue weighted by atomic mass is 16.5. The molecule has 140 valence electrons. The van der Waals surface area contributed by atoms with E-state index in [2.05, 4.69) is 19.2 Å². The Labute approximate surface area is 155 Å². The van der Waals surface area contributed by atoms with Gasteiger partial charge in [0.25, 0.3) is 0 Å². The van der Waals surface area contributed by atoms with Gasteiger partial charge in [0.05, 0.1) is 25.5 Å². The predicted octanol–water partition coefficient (Wildman–Crippen LogP) is 4.75. The second-order valence-corrected chi connectivity index (χ2v) is 5.98. The lowest BCUT2D eigenvalue weighted by Gasteiger charge is -2.17. The number of carbonyl (C=O) groups is 1. The molecule has 0 spiro atoms. The first kappa shape index (κ1) is 19.6. The maximum absolute atomic E-state index is 12.1. The Kier molecular flexibility index (Phi) is 7.80. The van der Waals surface area contributed by atoms with E-state index in [0.29, 0.717) is 24.7 Å². The summed E-state index contributed by atoms with van der Waals surface area (Å²) in [6, 6.07) is 9.19. The van der Waals surface area contributed by atoms with Gasteiger partial charge in [0.15, 0.2) is 11.5 Å². The van der Waals surface area contributed by atoms with Crippen LogP contribution in [0.2, 0.25) is 0 Å². The molecule has 0 aliphatic carbocycles. The minimum atomic E-state index is -0.184. The molecule has 1 atom stereocenters. The fourth-order valence-corrected chi connectivity index (χ4v) is 2.34. The summed E-state index contributed by atoms with van der Waals surface area (Å²) in [4.78, 5) is 12.1. The minimum absolute atomic E-state index is 0.159. The molecule has 0 aliphatic rings. The lowest BCUT2D eigenvalue weighted by molar-refractivity contribution is -0.117. The standard InChI is InChI=1S/C21H27NO4/c1-4-12-25-19-10-8-17(15-20(19)26-13-5-2)16(3)22-21(23)11-9-18-7-6-14-24-18/h6-11,14-16H,4-5,12-13H2,1-3H3,(H,22,23)/b11-9+. The van der Waals surface area contributed by atoms with Crippen LogP contribution >= 0.6 is 0 Å². The van der Waals surface area contributed by atoms with E-state index < -0.39 is 0 Å². The van der Waals surface area contributed by atoms with Gasteiger partial charge in [-0.3, -0.25) is 4.79 Å². The van der Waals surface area contributed by atoms with Crippen molar-refractivity contribution in [3.05, 3.63) is 54.0 Å². The molecule has 2 aromatic rings. The molecule has 0 radical (unpaired) electrons. The van der Waals surface area contributed by atoms with E-state index in [-0.39, 0.29) is 11.9 Å². The van der Waals surface area contributed by atoms with E-state index in [1.54, 1.807) is 24.5 Å². The van der Waals surface area contributed by atoms with Crippen LogP contribution in [0, 0.1) is 0 Å². The van der Waals surface area contributed by atoms with Gasteiger partial charge < -0.3 is 19.2 Å². The largest absolute Gasteiger partial charge is 0.490 e. The summed E-state index contributed by atoms with van der Waals surface area (Å²) in [6.07, 6.45) is 6.52. The molecule has 0 fully saturated rings. The predicted molar refractivity (Wildman–Crippen MR) is 102 cm³/mol. The van der Waals surface area contributed by atoms with Gasteiger partial charge in [-0.25, -0.2) is 0 Å². The number of rotatable bonds is 10. The van der Waals surface area contributed by atoms with Crippen LogP contribution in [0.15, 0.2) is 47.1 Å². The third-order valence-corrected chi connectivity index (χ3v) is 3.69. The van der Waals surface area contributed by atoms with Gasteiger partial charge >= 0.3 is 0 Å². The van der Waals surface area contributed by atoms with Crippen LogP contribution in [0.5, 0.6) is 11.5 Å². The summed E-state index contributed by atoms with van der Waals surface area (Å²) in [7, 11) is 0. The van der Waals surface area contributed by atoms with E-state index in [0.717, 1.165) is 24.2 Å². The van der Waals surface area contributed by atoms with Crippen LogP contribution in [-0.2, 0) is 4.79 Å². The van der Waals surface area contributed by atoms with E-state index in [4.69, 9.17) is 13.9 Å². The molecule has 26 heavy (non-hydrogen) atoms. The second-order valence-electron chi connectivity index (χ2n) is 5.98. The number of benzene rings is 1. The number of ether oxygens (including phenoxy) is 2. The van der Waals surface area contributed by atoms with E-state index in [1.165, 1.54) is 6.08 Å². The Hall–Kier alpha value is -2.69. The first-order chi connectivity index (χ1) is 12.6. The topological polar surface area (TPSA) is 60.7 Å². The molecule has 2 rings (SSSR count). The van der Waals surface area contributed by atoms with Gasteiger partial charge in [0, 0.05) is 6.08 Å². The molecule has 0 saturated heterocycles. The number of nitrogens with one attached hydrogen (secondary N) is 1. The number of amides is 1. The van der Waals surface area contributed by atoms with Crippen molar-refractivity contribution in [3.63, 3.8) is 0 Å². The molecule has 1 aromatic heterocycles. The monoisotopic (exact) mass is 357 g/mol. The summed E-state index contributed by atoms with van der Waals surface area (Å²) >= 11 is 0. The summed E-state index contributed by atoms with van der Waals surface area (Å²) < 4.78 is 16.7. The zero-order valence-electron chi connectivity index (χ0n) is 15.7. The molecule has 5 heteroatoms. The van der Waals surface area contributed by atoms with Gasteiger partial charge in [-0.15, -0.1) is 0 Å². The Balaban J connectivity index is 2.04. The van der Waals surface area contributed by atoms with Crippen molar-refractivity contribution in [3.8, 4) is 11.5 Å². The maximum atomic E-state index is 12.1. The number of furan rings is 1. The SMILES string of the molecule is CCCOc1ccc(C(C)NC(=O)/C=C/c2ccco2)cc1OCCC. The van der Waals surface area contributed by atoms with Crippen LogP contribution in [0.1, 0.15) is 51.0 Å². The van der Waals surface area contributed by atoms with Crippen molar-refractivity contribution >= 4 is 12.0 Å². The lowest BCUT2D eigenvalue weighted by atomic mass is 10.1. The quantitative estimate of drug-likeness (QED) is 0.624. The summed E-state index contributed by atoms with van der Waals surface area (Å²) in [5.74, 6) is 1.90. The van der Waals surface area contributed by atoms with Crippen LogP contribution in [0.4, 0.5) is 0 Å². The average Bonchev–Trinajstić information content (AvgIpc) is 3.16. The zero-order chi connectivity index (χ0) is 18.8. The average molecular weight is 357 g/mol. The van der Waals surface area contributed by atoms with Gasteiger partial charge in [-0.2, -0.15) is 0 Å². The molecule has 1 aromatic carbocycles. The first-order valence-corrected chi connectivity index (χ1v) is 9.05. The molecule has 0 bridgehead atoms. The van der Waals surface area contributed by atoms with Gasteiger partial charge in [-0.1, -0.05) is 19.9 Å². The van der Waals surface area contributed by atoms with Gasteiger partial charge in [-0.05, 0) is 55.7 Å². The van der Waals surface area contributed by atoms with Crippen molar-refractivity contribution in [2.45, 2.75) is 39.7 Å². The zero-order valence-corrected chi connectivity index (χ0v) is 15.7. The lowest BCUT2D eigenvalue weighted by Crippen LogP contribution is -2.24. The molecular weight excluding hydrogens is 330 g/mol. The van der Waals surface area contributed by atoms with Crippen molar-refractivity contribution < 1.29 is 18.7 Å².